The number of pyridine rings is 1. The zero-order chi connectivity index (χ0) is 8.97. The van der Waals surface area contributed by atoms with Crippen LogP contribution in [0.5, 0.6) is 5.75 Å². The first-order valence-electron chi connectivity index (χ1n) is 3.31. The molecule has 0 amide bonds. The molecule has 0 aliphatic heterocycles. The van der Waals surface area contributed by atoms with Crippen LogP contribution in [0.25, 0.3) is 0 Å². The summed E-state index contributed by atoms with van der Waals surface area (Å²) in [5.74, 6) is 3.51. The molecule has 1 aromatic rings. The van der Waals surface area contributed by atoms with Gasteiger partial charge < -0.3 is 16.2 Å². The van der Waals surface area contributed by atoms with Crippen LogP contribution in [0.2, 0.25) is 0 Å². The maximum atomic E-state index is 5.41. The molecular weight excluding hydrogens is 154 g/mol. The summed E-state index contributed by atoms with van der Waals surface area (Å²) in [6.45, 7) is 0.197. The summed E-state index contributed by atoms with van der Waals surface area (Å²) in [7, 11) is 0. The lowest BCUT2D eigenvalue weighted by Crippen LogP contribution is -1.99. The molecular formula is C8H9N3O. The zero-order valence-corrected chi connectivity index (χ0v) is 6.45. The van der Waals surface area contributed by atoms with Crippen LogP contribution in [0.4, 0.5) is 11.6 Å². The number of hydrogen-bond acceptors (Lipinski definition) is 4. The minimum absolute atomic E-state index is 0.197. The van der Waals surface area contributed by atoms with E-state index in [-0.39, 0.29) is 6.61 Å². The molecule has 4 nitrogen and oxygen atoms in total. The Kier molecular flexibility index (Phi) is 2.38. The predicted octanol–water partition coefficient (Wildman–Crippen LogP) is 0.258. The molecule has 4 heteroatoms. The maximum absolute atomic E-state index is 5.41. The molecule has 0 bridgehead atoms. The van der Waals surface area contributed by atoms with Gasteiger partial charge in [0.1, 0.15) is 24.0 Å². The number of nitrogens with two attached hydrogens (primary N) is 2. The quantitative estimate of drug-likeness (QED) is 0.613. The SMILES string of the molecule is C#CCOc1cc(N)nc(N)c1. The molecule has 0 unspecified atom stereocenters. The van der Waals surface area contributed by atoms with Crippen LogP contribution in [0.15, 0.2) is 12.1 Å². The number of rotatable bonds is 2. The number of nitrogen functional groups attached to an aromatic ring is 2. The topological polar surface area (TPSA) is 74.2 Å². The van der Waals surface area contributed by atoms with E-state index < -0.39 is 0 Å². The molecule has 1 heterocycles. The summed E-state index contributed by atoms with van der Waals surface area (Å²) in [5.41, 5.74) is 10.8. The molecule has 0 aromatic carbocycles. The van der Waals surface area contributed by atoms with E-state index in [1.807, 2.05) is 0 Å². The van der Waals surface area contributed by atoms with Crippen LogP contribution >= 0.6 is 0 Å². The number of terminal acetylenes is 1. The van der Waals surface area contributed by atoms with E-state index in [4.69, 9.17) is 22.6 Å². The third-order valence-corrected chi connectivity index (χ3v) is 1.16. The van der Waals surface area contributed by atoms with Gasteiger partial charge in [-0.3, -0.25) is 0 Å². The maximum Gasteiger partial charge on any atom is 0.148 e. The summed E-state index contributed by atoms with van der Waals surface area (Å²) in [5, 5.41) is 0. The second-order valence-electron chi connectivity index (χ2n) is 2.15. The molecule has 0 saturated heterocycles. The molecule has 0 atom stereocenters. The van der Waals surface area contributed by atoms with Crippen molar-refractivity contribution >= 4 is 11.6 Å². The lowest BCUT2D eigenvalue weighted by molar-refractivity contribution is 0.370. The van der Waals surface area contributed by atoms with Gasteiger partial charge in [0.2, 0.25) is 0 Å². The molecule has 1 aromatic heterocycles. The van der Waals surface area contributed by atoms with E-state index >= 15 is 0 Å². The summed E-state index contributed by atoms with van der Waals surface area (Å²) in [4.78, 5) is 3.77. The highest BCUT2D eigenvalue weighted by atomic mass is 16.5. The van der Waals surface area contributed by atoms with Crippen molar-refractivity contribution in [3.63, 3.8) is 0 Å². The van der Waals surface area contributed by atoms with Gasteiger partial charge >= 0.3 is 0 Å². The third kappa shape index (κ3) is 2.06. The Labute approximate surface area is 70.5 Å². The molecule has 0 spiro atoms. The molecule has 12 heavy (non-hydrogen) atoms. The van der Waals surface area contributed by atoms with Gasteiger partial charge in [0.15, 0.2) is 0 Å². The first-order valence-corrected chi connectivity index (χ1v) is 3.31. The molecule has 0 aliphatic rings. The van der Waals surface area contributed by atoms with Gasteiger partial charge in [0.05, 0.1) is 0 Å². The smallest absolute Gasteiger partial charge is 0.148 e. The van der Waals surface area contributed by atoms with E-state index in [1.54, 1.807) is 12.1 Å². The standard InChI is InChI=1S/C8H9N3O/c1-2-3-12-6-4-7(9)11-8(10)5-6/h1,4-5H,3H2,(H4,9,10,11). The molecule has 62 valence electrons. The Morgan fingerprint density at radius 2 is 2.00 bits per heavy atom. The van der Waals surface area contributed by atoms with Crippen LogP contribution in [0, 0.1) is 12.3 Å². The molecule has 1 rings (SSSR count). The lowest BCUT2D eigenvalue weighted by Gasteiger charge is -2.03. The van der Waals surface area contributed by atoms with Crippen molar-refractivity contribution in [2.45, 2.75) is 0 Å². The van der Waals surface area contributed by atoms with Gasteiger partial charge in [0, 0.05) is 12.1 Å². The first-order chi connectivity index (χ1) is 5.72. The average molecular weight is 163 g/mol. The predicted molar refractivity (Wildman–Crippen MR) is 47.4 cm³/mol. The first kappa shape index (κ1) is 8.21. The van der Waals surface area contributed by atoms with Crippen LogP contribution in [0.3, 0.4) is 0 Å². The van der Waals surface area contributed by atoms with Crippen LogP contribution in [-0.4, -0.2) is 11.6 Å². The molecule has 4 N–H and O–H groups in total. The van der Waals surface area contributed by atoms with Crippen molar-refractivity contribution in [3.8, 4) is 18.1 Å². The van der Waals surface area contributed by atoms with Gasteiger partial charge in [-0.25, -0.2) is 4.98 Å². The van der Waals surface area contributed by atoms with Crippen molar-refractivity contribution in [1.29, 1.82) is 0 Å². The minimum atomic E-state index is 0.197. The largest absolute Gasteiger partial charge is 0.481 e. The van der Waals surface area contributed by atoms with E-state index in [1.165, 1.54) is 0 Å². The van der Waals surface area contributed by atoms with Crippen molar-refractivity contribution in [2.75, 3.05) is 18.1 Å². The number of aromatic nitrogens is 1. The van der Waals surface area contributed by atoms with Gasteiger partial charge in [-0.15, -0.1) is 6.42 Å². The van der Waals surface area contributed by atoms with Gasteiger partial charge in [0.25, 0.3) is 0 Å². The average Bonchev–Trinajstić information content (AvgIpc) is 1.99. The Morgan fingerprint density at radius 1 is 1.42 bits per heavy atom. The zero-order valence-electron chi connectivity index (χ0n) is 6.45. The molecule has 0 aliphatic carbocycles. The third-order valence-electron chi connectivity index (χ3n) is 1.16. The number of nitrogens with zero attached hydrogens (tertiary/aromatic N) is 1. The monoisotopic (exact) mass is 163 g/mol. The molecule has 0 saturated carbocycles. The van der Waals surface area contributed by atoms with E-state index in [0.717, 1.165) is 0 Å². The Bertz CT molecular complexity index is 296. The van der Waals surface area contributed by atoms with Gasteiger partial charge in [-0.05, 0) is 0 Å². The minimum Gasteiger partial charge on any atom is -0.481 e. The van der Waals surface area contributed by atoms with E-state index in [2.05, 4.69) is 10.9 Å². The Balaban J connectivity index is 2.80. The number of hydrogen-bond donors (Lipinski definition) is 2. The Morgan fingerprint density at radius 3 is 2.50 bits per heavy atom. The highest BCUT2D eigenvalue weighted by Gasteiger charge is 1.96. The summed E-state index contributed by atoms with van der Waals surface area (Å²) in [6.07, 6.45) is 5.00. The number of anilines is 2. The summed E-state index contributed by atoms with van der Waals surface area (Å²) >= 11 is 0. The fourth-order valence-electron chi connectivity index (χ4n) is 0.755. The second-order valence-corrected chi connectivity index (χ2v) is 2.15. The van der Waals surface area contributed by atoms with Crippen LogP contribution in [-0.2, 0) is 0 Å². The fraction of sp³-hybridized carbons (Fsp3) is 0.125. The van der Waals surface area contributed by atoms with Gasteiger partial charge in [-0.1, -0.05) is 5.92 Å². The molecule has 0 fully saturated rings. The highest BCUT2D eigenvalue weighted by molar-refractivity contribution is 5.46. The second kappa shape index (κ2) is 3.49. The van der Waals surface area contributed by atoms with E-state index in [9.17, 15) is 0 Å². The number of ether oxygens (including phenoxy) is 1. The summed E-state index contributed by atoms with van der Waals surface area (Å²) in [6, 6.07) is 3.13. The van der Waals surface area contributed by atoms with Crippen molar-refractivity contribution in [1.82, 2.24) is 4.98 Å². The molecule has 0 radical (unpaired) electrons. The summed E-state index contributed by atoms with van der Waals surface area (Å²) < 4.78 is 5.08. The van der Waals surface area contributed by atoms with Crippen LogP contribution in [0.1, 0.15) is 0 Å². The van der Waals surface area contributed by atoms with Crippen molar-refractivity contribution in [2.24, 2.45) is 0 Å². The van der Waals surface area contributed by atoms with Crippen molar-refractivity contribution < 1.29 is 4.74 Å². The van der Waals surface area contributed by atoms with Gasteiger partial charge in [-0.2, -0.15) is 0 Å². The lowest BCUT2D eigenvalue weighted by atomic mass is 10.4. The highest BCUT2D eigenvalue weighted by Crippen LogP contribution is 2.16. The Hall–Kier alpha value is -1.89. The van der Waals surface area contributed by atoms with Crippen LogP contribution < -0.4 is 16.2 Å². The normalized spacial score (nSPS) is 8.92. The fourth-order valence-corrected chi connectivity index (χ4v) is 0.755. The van der Waals surface area contributed by atoms with E-state index in [0.29, 0.717) is 17.4 Å². The van der Waals surface area contributed by atoms with Crippen molar-refractivity contribution in [3.05, 3.63) is 12.1 Å².